The maximum atomic E-state index is 14.1. The van der Waals surface area contributed by atoms with Crippen molar-refractivity contribution >= 4 is 28.5 Å². The predicted octanol–water partition coefficient (Wildman–Crippen LogP) is 6.19. The van der Waals surface area contributed by atoms with Gasteiger partial charge in [0.15, 0.2) is 5.82 Å². The molecule has 1 saturated heterocycles. The summed E-state index contributed by atoms with van der Waals surface area (Å²) >= 11 is 0. The van der Waals surface area contributed by atoms with Crippen molar-refractivity contribution in [2.75, 3.05) is 31.2 Å². The molecule has 1 amide bonds. The molecular formula is C32H34F5N5O4. The van der Waals surface area contributed by atoms with Crippen LogP contribution in [0.15, 0.2) is 48.7 Å². The van der Waals surface area contributed by atoms with Gasteiger partial charge < -0.3 is 20.1 Å². The highest BCUT2D eigenvalue weighted by Crippen LogP contribution is 2.33. The van der Waals surface area contributed by atoms with Gasteiger partial charge in [-0.2, -0.15) is 13.2 Å². The Kier molecular flexibility index (Phi) is 12.1. The zero-order chi connectivity index (χ0) is 34.2. The van der Waals surface area contributed by atoms with E-state index in [2.05, 4.69) is 40.1 Å². The zero-order valence-electron chi connectivity index (χ0n) is 25.9. The van der Waals surface area contributed by atoms with Crippen molar-refractivity contribution < 1.29 is 41.4 Å². The highest BCUT2D eigenvalue weighted by Gasteiger charge is 2.45. The first-order valence-corrected chi connectivity index (χ1v) is 14.3. The van der Waals surface area contributed by atoms with E-state index in [1.165, 1.54) is 5.56 Å². The Morgan fingerprint density at radius 3 is 2.24 bits per heavy atom. The van der Waals surface area contributed by atoms with Gasteiger partial charge in [0, 0.05) is 40.8 Å². The number of carbonyl (C=O) groups is 2. The van der Waals surface area contributed by atoms with E-state index in [1.54, 1.807) is 5.32 Å². The minimum Gasteiger partial charge on any atom is -0.480 e. The number of alkyl halides is 3. The molecule has 0 radical (unpaired) electrons. The maximum Gasteiger partial charge on any atom is 0.411 e. The Morgan fingerprint density at radius 2 is 1.65 bits per heavy atom. The van der Waals surface area contributed by atoms with Crippen LogP contribution in [0.3, 0.4) is 0 Å². The number of carboxylic acids is 1. The zero-order valence-corrected chi connectivity index (χ0v) is 25.9. The monoisotopic (exact) mass is 647 g/mol. The summed E-state index contributed by atoms with van der Waals surface area (Å²) in [7, 11) is 0. The second kappa shape index (κ2) is 15.5. The molecule has 1 fully saturated rings. The van der Waals surface area contributed by atoms with Gasteiger partial charge in [0.2, 0.25) is 0 Å². The summed E-state index contributed by atoms with van der Waals surface area (Å²) in [6.07, 6.45) is -2.86. The third-order valence-corrected chi connectivity index (χ3v) is 6.70. The largest absolute Gasteiger partial charge is 0.480 e. The van der Waals surface area contributed by atoms with E-state index in [0.717, 1.165) is 38.6 Å². The number of aliphatic carboxylic acids is 1. The Hall–Kier alpha value is -4.72. The molecule has 1 unspecified atom stereocenters. The molecule has 1 atom stereocenters. The van der Waals surface area contributed by atoms with Gasteiger partial charge >= 0.3 is 12.1 Å². The number of rotatable bonds is 5. The summed E-state index contributed by atoms with van der Waals surface area (Å²) in [5, 5.41) is 11.4. The molecule has 2 N–H and O–H groups in total. The van der Waals surface area contributed by atoms with Crippen LogP contribution in [0, 0.1) is 32.4 Å². The number of carboxylic acid groups (broad SMARTS) is 1. The molecule has 0 spiro atoms. The van der Waals surface area contributed by atoms with Crippen LogP contribution in [0.4, 0.5) is 27.6 Å². The van der Waals surface area contributed by atoms with Crippen LogP contribution in [0.1, 0.15) is 41.2 Å². The van der Waals surface area contributed by atoms with Crippen molar-refractivity contribution in [2.24, 2.45) is 0 Å². The molecule has 4 aromatic rings. The van der Waals surface area contributed by atoms with Crippen molar-refractivity contribution in [3.63, 3.8) is 0 Å². The van der Waals surface area contributed by atoms with E-state index in [-0.39, 0.29) is 13.2 Å². The highest BCUT2D eigenvalue weighted by molar-refractivity contribution is 5.96. The number of nitrogens with one attached hydrogen (secondary N) is 1. The first-order chi connectivity index (χ1) is 21.8. The molecule has 2 aromatic heterocycles. The lowest BCUT2D eigenvalue weighted by molar-refractivity contribution is -0.167. The summed E-state index contributed by atoms with van der Waals surface area (Å²) in [5.41, 5.74) is 3.67. The number of aromatic nitrogens is 3. The average molecular weight is 648 g/mol. The third kappa shape index (κ3) is 8.71. The fourth-order valence-corrected chi connectivity index (χ4v) is 4.71. The van der Waals surface area contributed by atoms with E-state index < -0.39 is 60.1 Å². The molecule has 2 aromatic carbocycles. The number of pyridine rings is 1. The summed E-state index contributed by atoms with van der Waals surface area (Å²) in [6, 6.07) is 9.30. The molecule has 0 saturated carbocycles. The summed E-state index contributed by atoms with van der Waals surface area (Å²) in [4.78, 5) is 36.3. The molecule has 9 nitrogen and oxygen atoms in total. The quantitative estimate of drug-likeness (QED) is 0.247. The first kappa shape index (κ1) is 35.8. The molecule has 3 heterocycles. The molecule has 0 aliphatic carbocycles. The molecule has 5 rings (SSSR count). The standard InChI is InChI=1S/C16H15N3.C14H13F5N2O4.C2H6/c1-10-6-7-14(15-13(10)5-4-8-17-15)16-18-11(2)9-12(3)19-16;15-8-3-7(21-1-2-25-6-10(21)14(17,18)19)4-9(16)12(8)13(24)20-5-11(22)23;1-2/h4-9H,1-3H3;3-4,10H,1-2,5-6H2,(H,20,24)(H,22,23);1-2H3. The number of halogens is 5. The van der Waals surface area contributed by atoms with Crippen LogP contribution < -0.4 is 10.2 Å². The average Bonchev–Trinajstić information content (AvgIpc) is 3.00. The fraction of sp³-hybridized carbons (Fsp3) is 0.344. The Labute approximate surface area is 262 Å². The SMILES string of the molecule is CC.Cc1cc(C)nc(-c2ccc(C)c3cccnc23)n1.O=C(O)CNC(=O)c1c(F)cc(N2CCOCC2C(F)(F)F)cc1F. The number of amides is 1. The van der Waals surface area contributed by atoms with Crippen LogP contribution in [0.2, 0.25) is 0 Å². The summed E-state index contributed by atoms with van der Waals surface area (Å²) < 4.78 is 72.0. The van der Waals surface area contributed by atoms with Gasteiger partial charge in [-0.1, -0.05) is 26.0 Å². The normalized spacial score (nSPS) is 14.5. The first-order valence-electron chi connectivity index (χ1n) is 14.3. The van der Waals surface area contributed by atoms with Gasteiger partial charge in [0.1, 0.15) is 29.8 Å². The van der Waals surface area contributed by atoms with Gasteiger partial charge in [-0.15, -0.1) is 0 Å². The Balaban J connectivity index is 0.000000245. The van der Waals surface area contributed by atoms with Crippen LogP contribution >= 0.6 is 0 Å². The van der Waals surface area contributed by atoms with Gasteiger partial charge in [0.05, 0.1) is 18.7 Å². The molecule has 46 heavy (non-hydrogen) atoms. The molecule has 0 bridgehead atoms. The van der Waals surface area contributed by atoms with Crippen LogP contribution in [0.25, 0.3) is 22.3 Å². The molecular weight excluding hydrogens is 613 g/mol. The van der Waals surface area contributed by atoms with Gasteiger partial charge in [-0.05, 0) is 56.7 Å². The fourth-order valence-electron chi connectivity index (χ4n) is 4.71. The number of morpholine rings is 1. The van der Waals surface area contributed by atoms with Crippen molar-refractivity contribution in [3.8, 4) is 11.4 Å². The number of fused-ring (bicyclic) bond motifs is 1. The number of aryl methyl sites for hydroxylation is 3. The summed E-state index contributed by atoms with van der Waals surface area (Å²) in [5.74, 6) is -4.79. The van der Waals surface area contributed by atoms with E-state index in [9.17, 15) is 31.5 Å². The van der Waals surface area contributed by atoms with Crippen molar-refractivity contribution in [1.82, 2.24) is 20.3 Å². The van der Waals surface area contributed by atoms with E-state index in [4.69, 9.17) is 9.84 Å². The molecule has 1 aliphatic heterocycles. The maximum absolute atomic E-state index is 14.1. The number of hydrogen-bond acceptors (Lipinski definition) is 7. The van der Waals surface area contributed by atoms with E-state index in [1.807, 2.05) is 46.0 Å². The second-order valence-electron chi connectivity index (χ2n) is 9.99. The number of carbonyl (C=O) groups excluding carboxylic acids is 1. The number of hydrogen-bond donors (Lipinski definition) is 2. The lowest BCUT2D eigenvalue weighted by atomic mass is 10.0. The van der Waals surface area contributed by atoms with Gasteiger partial charge in [-0.25, -0.2) is 18.7 Å². The van der Waals surface area contributed by atoms with Crippen molar-refractivity contribution in [2.45, 2.75) is 46.8 Å². The molecule has 14 heteroatoms. The topological polar surface area (TPSA) is 118 Å². The number of anilines is 1. The van der Waals surface area contributed by atoms with Crippen LogP contribution in [-0.2, 0) is 9.53 Å². The Bertz CT molecular complexity index is 1660. The minimum atomic E-state index is -4.68. The minimum absolute atomic E-state index is 0.0589. The third-order valence-electron chi connectivity index (χ3n) is 6.70. The van der Waals surface area contributed by atoms with Crippen molar-refractivity contribution in [1.29, 1.82) is 0 Å². The highest BCUT2D eigenvalue weighted by atomic mass is 19.4. The molecule has 1 aliphatic rings. The number of benzene rings is 2. The number of ether oxygens (including phenoxy) is 1. The Morgan fingerprint density at radius 1 is 1.02 bits per heavy atom. The van der Waals surface area contributed by atoms with Gasteiger partial charge in [-0.3, -0.25) is 14.6 Å². The van der Waals surface area contributed by atoms with Crippen LogP contribution in [-0.4, -0.2) is 70.5 Å². The second-order valence-corrected chi connectivity index (χ2v) is 9.99. The number of nitrogens with zero attached hydrogens (tertiary/aromatic N) is 4. The predicted molar refractivity (Wildman–Crippen MR) is 163 cm³/mol. The van der Waals surface area contributed by atoms with E-state index in [0.29, 0.717) is 12.1 Å². The lowest BCUT2D eigenvalue weighted by Gasteiger charge is -2.38. The van der Waals surface area contributed by atoms with Crippen molar-refractivity contribution in [3.05, 3.63) is 82.8 Å². The lowest BCUT2D eigenvalue weighted by Crippen LogP contribution is -2.53. The summed E-state index contributed by atoms with van der Waals surface area (Å²) in [6.45, 7) is 8.22. The van der Waals surface area contributed by atoms with Crippen LogP contribution in [0.5, 0.6) is 0 Å². The van der Waals surface area contributed by atoms with Gasteiger partial charge in [0.25, 0.3) is 5.91 Å². The molecule has 246 valence electrons. The van der Waals surface area contributed by atoms with E-state index >= 15 is 0 Å². The smallest absolute Gasteiger partial charge is 0.411 e.